The number of anilines is 1. The molecular formula is C14H14ClN3OS. The van der Waals surface area contributed by atoms with Gasteiger partial charge in [0.1, 0.15) is 10.0 Å². The average Bonchev–Trinajstić information content (AvgIpc) is 2.46. The van der Waals surface area contributed by atoms with Crippen LogP contribution in [0.2, 0.25) is 0 Å². The first-order valence-electron chi connectivity index (χ1n) is 5.93. The van der Waals surface area contributed by atoms with Gasteiger partial charge in [0.25, 0.3) is 0 Å². The summed E-state index contributed by atoms with van der Waals surface area (Å²) in [6.45, 7) is 0. The highest BCUT2D eigenvalue weighted by atomic mass is 35.7. The molecule has 0 fully saturated rings. The molecular weight excluding hydrogens is 294 g/mol. The highest BCUT2D eigenvalue weighted by Crippen LogP contribution is 2.22. The average molecular weight is 308 g/mol. The molecule has 0 saturated heterocycles. The molecule has 0 spiro atoms. The van der Waals surface area contributed by atoms with E-state index in [1.807, 2.05) is 43.3 Å². The second-order valence-electron chi connectivity index (χ2n) is 4.33. The maximum Gasteiger partial charge on any atom is 0.147 e. The van der Waals surface area contributed by atoms with Crippen molar-refractivity contribution < 1.29 is 4.21 Å². The van der Waals surface area contributed by atoms with Gasteiger partial charge in [0.2, 0.25) is 0 Å². The first-order chi connectivity index (χ1) is 9.56. The van der Waals surface area contributed by atoms with Gasteiger partial charge in [0, 0.05) is 19.8 Å². The van der Waals surface area contributed by atoms with E-state index in [4.69, 9.17) is 10.7 Å². The van der Waals surface area contributed by atoms with Crippen molar-refractivity contribution in [2.24, 2.45) is 10.2 Å². The number of rotatable bonds is 4. The van der Waals surface area contributed by atoms with Crippen molar-refractivity contribution >= 4 is 37.8 Å². The van der Waals surface area contributed by atoms with Crippen molar-refractivity contribution in [2.75, 3.05) is 19.0 Å². The van der Waals surface area contributed by atoms with Crippen LogP contribution in [0.25, 0.3) is 0 Å². The maximum atomic E-state index is 11.0. The Hall–Kier alpha value is -1.72. The van der Waals surface area contributed by atoms with E-state index in [0.717, 1.165) is 11.4 Å². The maximum absolute atomic E-state index is 11.0. The van der Waals surface area contributed by atoms with Crippen LogP contribution in [-0.4, -0.2) is 18.3 Å². The normalized spacial score (nSPS) is 12.6. The van der Waals surface area contributed by atoms with Gasteiger partial charge in [-0.25, -0.2) is 4.21 Å². The van der Waals surface area contributed by atoms with Gasteiger partial charge in [-0.15, -0.1) is 0 Å². The molecule has 0 bridgehead atoms. The molecule has 0 aliphatic carbocycles. The van der Waals surface area contributed by atoms with Gasteiger partial charge in [0.05, 0.1) is 16.3 Å². The zero-order valence-electron chi connectivity index (χ0n) is 11.2. The lowest BCUT2D eigenvalue weighted by atomic mass is 10.3. The highest BCUT2D eigenvalue weighted by Gasteiger charge is 1.99. The molecule has 0 aliphatic heterocycles. The summed E-state index contributed by atoms with van der Waals surface area (Å²) in [6.07, 6.45) is 0. The van der Waals surface area contributed by atoms with Crippen LogP contribution in [0.15, 0.2) is 63.7 Å². The monoisotopic (exact) mass is 307 g/mol. The molecule has 4 nitrogen and oxygen atoms in total. The lowest BCUT2D eigenvalue weighted by molar-refractivity contribution is 0.691. The molecule has 2 aromatic carbocycles. The van der Waals surface area contributed by atoms with Gasteiger partial charge < -0.3 is 4.90 Å². The Morgan fingerprint density at radius 1 is 0.900 bits per heavy atom. The Morgan fingerprint density at radius 2 is 1.35 bits per heavy atom. The SMILES string of the molecule is CN(C)c1ccc(N=Nc2ccc(S(=O)Cl)cc2)cc1. The highest BCUT2D eigenvalue weighted by molar-refractivity contribution is 8.08. The van der Waals surface area contributed by atoms with E-state index < -0.39 is 10.0 Å². The predicted molar refractivity (Wildman–Crippen MR) is 83.6 cm³/mol. The van der Waals surface area contributed by atoms with Gasteiger partial charge in [-0.05, 0) is 59.2 Å². The van der Waals surface area contributed by atoms with Crippen molar-refractivity contribution in [1.29, 1.82) is 0 Å². The Kier molecular flexibility index (Phi) is 4.87. The van der Waals surface area contributed by atoms with Crippen molar-refractivity contribution in [3.05, 3.63) is 48.5 Å². The van der Waals surface area contributed by atoms with Gasteiger partial charge in [-0.3, -0.25) is 0 Å². The molecule has 2 aromatic rings. The minimum absolute atomic E-state index is 0.556. The molecule has 1 atom stereocenters. The van der Waals surface area contributed by atoms with E-state index >= 15 is 0 Å². The van der Waals surface area contributed by atoms with Gasteiger partial charge in [0.15, 0.2) is 0 Å². The second kappa shape index (κ2) is 6.63. The van der Waals surface area contributed by atoms with Crippen LogP contribution in [0.5, 0.6) is 0 Å². The van der Waals surface area contributed by atoms with Crippen LogP contribution in [0, 0.1) is 0 Å². The number of benzene rings is 2. The topological polar surface area (TPSA) is 45.0 Å². The molecule has 0 saturated carbocycles. The van der Waals surface area contributed by atoms with E-state index in [9.17, 15) is 4.21 Å². The third kappa shape index (κ3) is 3.88. The van der Waals surface area contributed by atoms with Crippen LogP contribution in [0.4, 0.5) is 17.1 Å². The molecule has 104 valence electrons. The fourth-order valence-electron chi connectivity index (χ4n) is 1.55. The van der Waals surface area contributed by atoms with E-state index in [1.165, 1.54) is 0 Å². The molecule has 1 unspecified atom stereocenters. The molecule has 0 N–H and O–H groups in total. The van der Waals surface area contributed by atoms with E-state index in [1.54, 1.807) is 24.3 Å². The smallest absolute Gasteiger partial charge is 0.147 e. The summed E-state index contributed by atoms with van der Waals surface area (Å²) in [5, 5.41) is 8.27. The van der Waals surface area contributed by atoms with Gasteiger partial charge in [-0.2, -0.15) is 10.2 Å². The molecule has 0 amide bonds. The quantitative estimate of drug-likeness (QED) is 0.619. The van der Waals surface area contributed by atoms with Crippen LogP contribution in [0.1, 0.15) is 0 Å². The van der Waals surface area contributed by atoms with Crippen LogP contribution >= 0.6 is 10.7 Å². The molecule has 0 radical (unpaired) electrons. The lowest BCUT2D eigenvalue weighted by Gasteiger charge is -2.11. The second-order valence-corrected chi connectivity index (χ2v) is 6.09. The number of hydrogen-bond donors (Lipinski definition) is 0. The summed E-state index contributed by atoms with van der Waals surface area (Å²) in [7, 11) is 7.96. The van der Waals surface area contributed by atoms with Gasteiger partial charge >= 0.3 is 0 Å². The number of nitrogens with zero attached hydrogens (tertiary/aromatic N) is 3. The van der Waals surface area contributed by atoms with E-state index in [0.29, 0.717) is 10.6 Å². The fraction of sp³-hybridized carbons (Fsp3) is 0.143. The fourth-order valence-corrected chi connectivity index (χ4v) is 2.21. The van der Waals surface area contributed by atoms with Crippen LogP contribution in [0.3, 0.4) is 0 Å². The summed E-state index contributed by atoms with van der Waals surface area (Å²) in [5.41, 5.74) is 2.58. The van der Waals surface area contributed by atoms with Crippen LogP contribution < -0.4 is 4.90 Å². The van der Waals surface area contributed by atoms with E-state index in [-0.39, 0.29) is 0 Å². The minimum Gasteiger partial charge on any atom is -0.378 e. The number of halogens is 1. The third-order valence-corrected chi connectivity index (χ3v) is 3.85. The summed E-state index contributed by atoms with van der Waals surface area (Å²) in [6, 6.07) is 14.6. The summed E-state index contributed by atoms with van der Waals surface area (Å²) in [5.74, 6) is 0. The van der Waals surface area contributed by atoms with Crippen molar-refractivity contribution in [3.63, 3.8) is 0 Å². The Labute approximate surface area is 125 Å². The van der Waals surface area contributed by atoms with Crippen molar-refractivity contribution in [1.82, 2.24) is 0 Å². The molecule has 20 heavy (non-hydrogen) atoms. The summed E-state index contributed by atoms with van der Waals surface area (Å²) in [4.78, 5) is 2.58. The lowest BCUT2D eigenvalue weighted by Crippen LogP contribution is -2.07. The Bertz CT molecular complexity index is 624. The largest absolute Gasteiger partial charge is 0.378 e. The number of hydrogen-bond acceptors (Lipinski definition) is 4. The van der Waals surface area contributed by atoms with Crippen LogP contribution in [-0.2, 0) is 10.0 Å². The first-order valence-corrected chi connectivity index (χ1v) is 7.91. The summed E-state index contributed by atoms with van der Waals surface area (Å²) >= 11 is 0. The molecule has 0 aliphatic rings. The third-order valence-electron chi connectivity index (χ3n) is 2.67. The van der Waals surface area contributed by atoms with Gasteiger partial charge in [-0.1, -0.05) is 0 Å². The van der Waals surface area contributed by atoms with E-state index in [2.05, 4.69) is 10.2 Å². The van der Waals surface area contributed by atoms with Crippen molar-refractivity contribution in [3.8, 4) is 0 Å². The zero-order chi connectivity index (χ0) is 14.5. The molecule has 6 heteroatoms. The number of azo groups is 1. The Morgan fingerprint density at radius 3 is 1.75 bits per heavy atom. The summed E-state index contributed by atoms with van der Waals surface area (Å²) < 4.78 is 11.0. The first kappa shape index (κ1) is 14.7. The Balaban J connectivity index is 2.10. The predicted octanol–water partition coefficient (Wildman–Crippen LogP) is 4.43. The minimum atomic E-state index is -1.49. The molecule has 2 rings (SSSR count). The standard InChI is InChI=1S/C14H14ClN3OS/c1-18(2)13-7-3-11(4-8-13)16-17-12-5-9-14(10-6-12)20(15)19/h3-10H,1-2H3. The van der Waals surface area contributed by atoms with Crippen molar-refractivity contribution in [2.45, 2.75) is 4.90 Å². The molecule has 0 aromatic heterocycles. The zero-order valence-corrected chi connectivity index (χ0v) is 12.7. The molecule has 0 heterocycles.